The zero-order valence-electron chi connectivity index (χ0n) is 17.5. The number of carbonyl (C=O) groups is 1. The van der Waals surface area contributed by atoms with E-state index >= 15 is 0 Å². The van der Waals surface area contributed by atoms with Crippen LogP contribution in [0.1, 0.15) is 45.0 Å². The van der Waals surface area contributed by atoms with Crippen LogP contribution in [0.25, 0.3) is 0 Å². The first-order valence-corrected chi connectivity index (χ1v) is 11.4. The lowest BCUT2D eigenvalue weighted by Crippen LogP contribution is -2.51. The van der Waals surface area contributed by atoms with Gasteiger partial charge in [-0.1, -0.05) is 66.7 Å². The molecule has 3 aliphatic heterocycles. The molecule has 0 bridgehead atoms. The van der Waals surface area contributed by atoms with Crippen molar-refractivity contribution in [2.45, 2.75) is 43.8 Å². The van der Waals surface area contributed by atoms with Crippen molar-refractivity contribution in [3.8, 4) is 5.75 Å². The molecule has 1 aliphatic carbocycles. The number of rotatable bonds is 0. The Hall–Kier alpha value is -2.91. The van der Waals surface area contributed by atoms with Crippen molar-refractivity contribution < 1.29 is 9.53 Å². The van der Waals surface area contributed by atoms with Crippen molar-refractivity contribution in [1.82, 2.24) is 4.90 Å². The highest BCUT2D eigenvalue weighted by Crippen LogP contribution is 2.61. The van der Waals surface area contributed by atoms with Gasteiger partial charge in [-0.2, -0.15) is 0 Å². The minimum Gasteiger partial charge on any atom is -0.492 e. The van der Waals surface area contributed by atoms with Crippen LogP contribution in [-0.2, 0) is 19.4 Å². The van der Waals surface area contributed by atoms with Crippen LogP contribution in [0, 0.1) is 5.41 Å². The van der Waals surface area contributed by atoms with Gasteiger partial charge in [0.1, 0.15) is 12.4 Å². The van der Waals surface area contributed by atoms with Crippen LogP contribution < -0.4 is 4.74 Å². The summed E-state index contributed by atoms with van der Waals surface area (Å²) in [5.41, 5.74) is 5.79. The molecule has 1 fully saturated rings. The fourth-order valence-electron chi connectivity index (χ4n) is 7.11. The number of Topliss-reactive ketones (excluding diaryl/α,β-unsaturated/α-hetero) is 1. The monoisotopic (exact) mass is 407 g/mol. The van der Waals surface area contributed by atoms with Gasteiger partial charge in [0.15, 0.2) is 5.78 Å². The number of hydrogen-bond donors (Lipinski definition) is 0. The predicted molar refractivity (Wildman–Crippen MR) is 119 cm³/mol. The summed E-state index contributed by atoms with van der Waals surface area (Å²) >= 11 is 0. The van der Waals surface area contributed by atoms with Crippen LogP contribution >= 0.6 is 0 Å². The minimum atomic E-state index is -0.396. The van der Waals surface area contributed by atoms with Gasteiger partial charge in [-0.3, -0.25) is 9.69 Å². The van der Waals surface area contributed by atoms with Gasteiger partial charge in [0.05, 0.1) is 11.5 Å². The number of nitrogens with zero attached hydrogens (tertiary/aromatic N) is 1. The van der Waals surface area contributed by atoms with Gasteiger partial charge in [0.2, 0.25) is 0 Å². The number of hydrogen-bond acceptors (Lipinski definition) is 3. The van der Waals surface area contributed by atoms with Crippen molar-refractivity contribution in [2.75, 3.05) is 6.61 Å². The average molecular weight is 408 g/mol. The van der Waals surface area contributed by atoms with Crippen LogP contribution in [0.2, 0.25) is 0 Å². The Balaban J connectivity index is 1.46. The summed E-state index contributed by atoms with van der Waals surface area (Å²) in [6, 6.07) is 25.9. The van der Waals surface area contributed by atoms with E-state index in [1.54, 1.807) is 0 Å². The molecule has 3 heterocycles. The van der Waals surface area contributed by atoms with Gasteiger partial charge in [-0.25, -0.2) is 0 Å². The Morgan fingerprint density at radius 1 is 0.871 bits per heavy atom. The van der Waals surface area contributed by atoms with E-state index in [9.17, 15) is 4.79 Å². The first-order valence-electron chi connectivity index (χ1n) is 11.4. The lowest BCUT2D eigenvalue weighted by molar-refractivity contribution is 0.0592. The number of aryl methyl sites for hydroxylation is 1. The lowest BCUT2D eigenvalue weighted by atomic mass is 9.58. The third-order valence-electron chi connectivity index (χ3n) is 8.40. The summed E-state index contributed by atoms with van der Waals surface area (Å²) in [6.45, 7) is 1.57. The normalized spacial score (nSPS) is 30.6. The zero-order chi connectivity index (χ0) is 20.6. The Kier molecular flexibility index (Phi) is 3.61. The second-order valence-electron chi connectivity index (χ2n) is 9.58. The molecule has 3 aromatic carbocycles. The molecule has 4 atom stereocenters. The fraction of sp³-hybridized carbons (Fsp3) is 0.321. The van der Waals surface area contributed by atoms with Crippen molar-refractivity contribution in [3.63, 3.8) is 0 Å². The number of benzene rings is 3. The van der Waals surface area contributed by atoms with Gasteiger partial charge in [-0.05, 0) is 47.6 Å². The highest BCUT2D eigenvalue weighted by molar-refractivity contribution is 6.04. The van der Waals surface area contributed by atoms with Crippen LogP contribution in [-0.4, -0.2) is 29.4 Å². The molecule has 3 heteroatoms. The van der Waals surface area contributed by atoms with E-state index in [4.69, 9.17) is 4.74 Å². The quantitative estimate of drug-likeness (QED) is 0.537. The highest BCUT2D eigenvalue weighted by atomic mass is 16.5. The van der Waals surface area contributed by atoms with Crippen molar-refractivity contribution in [3.05, 3.63) is 101 Å². The van der Waals surface area contributed by atoms with Crippen molar-refractivity contribution in [2.24, 2.45) is 5.41 Å². The molecule has 0 aromatic heterocycles. The second-order valence-corrected chi connectivity index (χ2v) is 9.58. The molecule has 1 spiro atoms. The van der Waals surface area contributed by atoms with E-state index in [0.29, 0.717) is 12.4 Å². The molecule has 4 aliphatic rings. The van der Waals surface area contributed by atoms with Gasteiger partial charge >= 0.3 is 0 Å². The predicted octanol–water partition coefficient (Wildman–Crippen LogP) is 4.79. The molecule has 3 nitrogen and oxygen atoms in total. The number of ketones is 1. The van der Waals surface area contributed by atoms with Crippen LogP contribution in [0.3, 0.4) is 0 Å². The first-order chi connectivity index (χ1) is 15.3. The number of fused-ring (bicyclic) bond motifs is 9. The van der Waals surface area contributed by atoms with E-state index < -0.39 is 5.41 Å². The Morgan fingerprint density at radius 3 is 2.52 bits per heavy atom. The molecular weight excluding hydrogens is 382 g/mol. The van der Waals surface area contributed by atoms with E-state index in [0.717, 1.165) is 37.1 Å². The maximum Gasteiger partial charge on any atom is 0.171 e. The molecule has 7 rings (SSSR count). The van der Waals surface area contributed by atoms with E-state index in [1.807, 2.05) is 12.1 Å². The van der Waals surface area contributed by atoms with Gasteiger partial charge in [-0.15, -0.1) is 0 Å². The molecule has 31 heavy (non-hydrogen) atoms. The summed E-state index contributed by atoms with van der Waals surface area (Å²) in [6.07, 6.45) is 2.83. The molecule has 0 amide bonds. The SMILES string of the molecule is O=C1c2ccccc2CC[C@]12[C@H]1c3ccccc3OC[C@H]1N1Cc3ccccc3C[C@@H]12. The summed E-state index contributed by atoms with van der Waals surface area (Å²) in [7, 11) is 0. The maximum atomic E-state index is 14.4. The van der Waals surface area contributed by atoms with Gasteiger partial charge < -0.3 is 4.74 Å². The lowest BCUT2D eigenvalue weighted by Gasteiger charge is -2.45. The molecule has 0 unspecified atom stereocenters. The summed E-state index contributed by atoms with van der Waals surface area (Å²) in [5, 5.41) is 0. The van der Waals surface area contributed by atoms with Crippen molar-refractivity contribution >= 4 is 5.78 Å². The molecule has 0 saturated carbocycles. The molecule has 1 saturated heterocycles. The molecular formula is C28H25NO2. The fourth-order valence-corrected chi connectivity index (χ4v) is 7.11. The third-order valence-corrected chi connectivity index (χ3v) is 8.40. The van der Waals surface area contributed by atoms with Crippen molar-refractivity contribution in [1.29, 1.82) is 0 Å². The molecule has 154 valence electrons. The van der Waals surface area contributed by atoms with Crippen LogP contribution in [0.5, 0.6) is 5.75 Å². The second kappa shape index (κ2) is 6.30. The topological polar surface area (TPSA) is 29.5 Å². The Bertz CT molecular complexity index is 1220. The van der Waals surface area contributed by atoms with Crippen LogP contribution in [0.4, 0.5) is 0 Å². The highest BCUT2D eigenvalue weighted by Gasteiger charge is 2.65. The van der Waals surface area contributed by atoms with Gasteiger partial charge in [0.25, 0.3) is 0 Å². The van der Waals surface area contributed by atoms with E-state index in [1.165, 1.54) is 22.3 Å². The van der Waals surface area contributed by atoms with E-state index in [-0.39, 0.29) is 18.0 Å². The van der Waals surface area contributed by atoms with E-state index in [2.05, 4.69) is 65.6 Å². The number of para-hydroxylation sites is 1. The standard InChI is InChI=1S/C28H25NO2/c30-27-21-10-4-3-7-18(21)13-14-28(27)25-15-19-8-1-2-9-20(19)16-29(25)23-17-31-24-12-6-5-11-22(24)26(23)28/h1-12,23,25-26H,13-17H2/t23-,25-,26+,28+/m1/s1. The Morgan fingerprint density at radius 2 is 1.61 bits per heavy atom. The van der Waals surface area contributed by atoms with Crippen LogP contribution in [0.15, 0.2) is 72.8 Å². The zero-order valence-corrected chi connectivity index (χ0v) is 17.5. The maximum absolute atomic E-state index is 14.4. The summed E-state index contributed by atoms with van der Waals surface area (Å²) in [5.74, 6) is 1.50. The van der Waals surface area contributed by atoms with Gasteiger partial charge in [0, 0.05) is 24.1 Å². The average Bonchev–Trinajstić information content (AvgIpc) is 3.10. The molecule has 3 aromatic rings. The first kappa shape index (κ1) is 17.7. The summed E-state index contributed by atoms with van der Waals surface area (Å²) < 4.78 is 6.26. The molecule has 0 N–H and O–H groups in total. The Labute approximate surface area is 182 Å². The minimum absolute atomic E-state index is 0.178. The smallest absolute Gasteiger partial charge is 0.171 e. The number of ether oxygens (including phenoxy) is 1. The number of carbonyl (C=O) groups excluding carboxylic acids is 1. The molecule has 0 radical (unpaired) electrons. The third kappa shape index (κ3) is 2.25. The largest absolute Gasteiger partial charge is 0.492 e. The summed E-state index contributed by atoms with van der Waals surface area (Å²) in [4.78, 5) is 17.0.